The highest BCUT2D eigenvalue weighted by Gasteiger charge is 2.35. The average molecular weight is 262 g/mol. The van der Waals surface area contributed by atoms with E-state index < -0.39 is 11.8 Å². The van der Waals surface area contributed by atoms with E-state index in [1.165, 1.54) is 0 Å². The Morgan fingerprint density at radius 2 is 1.79 bits per heavy atom. The number of nitrogens with one attached hydrogen (secondary N) is 1. The van der Waals surface area contributed by atoms with E-state index in [4.69, 9.17) is 5.21 Å². The van der Waals surface area contributed by atoms with Gasteiger partial charge in [0.1, 0.15) is 0 Å². The zero-order valence-corrected chi connectivity index (χ0v) is 10.4. The molecule has 0 fully saturated rings. The maximum Gasteiger partial charge on any atom is 0.261 e. The van der Waals surface area contributed by atoms with Crippen molar-refractivity contribution in [3.8, 4) is 0 Å². The summed E-state index contributed by atoms with van der Waals surface area (Å²) >= 11 is 0. The molecule has 1 aromatic carbocycles. The summed E-state index contributed by atoms with van der Waals surface area (Å²) in [5, 5.41) is 8.50. The van der Waals surface area contributed by atoms with Crippen LogP contribution in [0.15, 0.2) is 24.3 Å². The van der Waals surface area contributed by atoms with E-state index in [0.29, 0.717) is 17.5 Å². The molecule has 1 aromatic rings. The quantitative estimate of drug-likeness (QED) is 0.477. The van der Waals surface area contributed by atoms with Crippen molar-refractivity contribution in [3.05, 3.63) is 35.4 Å². The molecule has 2 N–H and O–H groups in total. The van der Waals surface area contributed by atoms with Crippen LogP contribution in [0.3, 0.4) is 0 Å². The van der Waals surface area contributed by atoms with Crippen LogP contribution in [0.2, 0.25) is 0 Å². The van der Waals surface area contributed by atoms with E-state index >= 15 is 0 Å². The summed E-state index contributed by atoms with van der Waals surface area (Å²) in [5.74, 6) is -1.68. The maximum atomic E-state index is 12.0. The van der Waals surface area contributed by atoms with E-state index in [0.717, 1.165) is 4.90 Å². The zero-order chi connectivity index (χ0) is 14.0. The van der Waals surface area contributed by atoms with Gasteiger partial charge in [0.15, 0.2) is 0 Å². The van der Waals surface area contributed by atoms with E-state index in [1.807, 2.05) is 0 Å². The molecule has 0 saturated heterocycles. The summed E-state index contributed by atoms with van der Waals surface area (Å²) in [6.45, 7) is 1.77. The van der Waals surface area contributed by atoms with E-state index in [-0.39, 0.29) is 18.4 Å². The lowest BCUT2D eigenvalue weighted by molar-refractivity contribution is -0.133. The topological polar surface area (TPSA) is 86.7 Å². The van der Waals surface area contributed by atoms with Crippen molar-refractivity contribution in [2.45, 2.75) is 13.3 Å². The molecule has 6 nitrogen and oxygen atoms in total. The number of hydroxylamine groups is 1. The first-order valence-electron chi connectivity index (χ1n) is 5.95. The molecule has 0 unspecified atom stereocenters. The van der Waals surface area contributed by atoms with Crippen molar-refractivity contribution in [2.75, 3.05) is 6.54 Å². The Hall–Kier alpha value is -2.21. The molecule has 3 amide bonds. The molecule has 0 aromatic heterocycles. The van der Waals surface area contributed by atoms with Gasteiger partial charge in [-0.15, -0.1) is 0 Å². The van der Waals surface area contributed by atoms with Crippen LogP contribution < -0.4 is 5.48 Å². The number of carbonyl (C=O) groups is 3. The van der Waals surface area contributed by atoms with E-state index in [2.05, 4.69) is 0 Å². The molecule has 100 valence electrons. The molecule has 0 spiro atoms. The Balaban J connectivity index is 2.07. The van der Waals surface area contributed by atoms with Gasteiger partial charge in [0, 0.05) is 12.5 Å². The van der Waals surface area contributed by atoms with Crippen LogP contribution in [-0.4, -0.2) is 34.4 Å². The summed E-state index contributed by atoms with van der Waals surface area (Å²) in [7, 11) is 0. The Kier molecular flexibility index (Phi) is 3.62. The smallest absolute Gasteiger partial charge is 0.261 e. The van der Waals surface area contributed by atoms with Crippen molar-refractivity contribution in [3.63, 3.8) is 0 Å². The average Bonchev–Trinajstić information content (AvgIpc) is 2.68. The minimum absolute atomic E-state index is 0.154. The van der Waals surface area contributed by atoms with Crippen LogP contribution in [-0.2, 0) is 4.79 Å². The number of carbonyl (C=O) groups excluding carboxylic acids is 3. The van der Waals surface area contributed by atoms with Gasteiger partial charge in [-0.2, -0.15) is 0 Å². The van der Waals surface area contributed by atoms with E-state index in [1.54, 1.807) is 36.7 Å². The summed E-state index contributed by atoms with van der Waals surface area (Å²) in [6.07, 6.45) is 0.303. The van der Waals surface area contributed by atoms with Gasteiger partial charge < -0.3 is 0 Å². The second-order valence-corrected chi connectivity index (χ2v) is 4.47. The van der Waals surface area contributed by atoms with Crippen molar-refractivity contribution in [1.82, 2.24) is 10.4 Å². The van der Waals surface area contributed by atoms with Crippen molar-refractivity contribution < 1.29 is 19.6 Å². The molecule has 0 bridgehead atoms. The molecule has 0 saturated carbocycles. The van der Waals surface area contributed by atoms with Gasteiger partial charge in [0.25, 0.3) is 11.8 Å². The van der Waals surface area contributed by atoms with Gasteiger partial charge in [-0.1, -0.05) is 19.1 Å². The molecular weight excluding hydrogens is 248 g/mol. The highest BCUT2D eigenvalue weighted by Crippen LogP contribution is 2.23. The van der Waals surface area contributed by atoms with Crippen LogP contribution in [0.25, 0.3) is 0 Å². The molecule has 1 aliphatic rings. The third-order valence-corrected chi connectivity index (χ3v) is 3.22. The fourth-order valence-corrected chi connectivity index (χ4v) is 2.01. The first-order valence-corrected chi connectivity index (χ1v) is 5.95. The molecular formula is C13H14N2O4. The molecule has 1 aliphatic heterocycles. The van der Waals surface area contributed by atoms with Gasteiger partial charge in [0.05, 0.1) is 11.1 Å². The van der Waals surface area contributed by atoms with Gasteiger partial charge in [-0.25, -0.2) is 5.48 Å². The van der Waals surface area contributed by atoms with Crippen molar-refractivity contribution in [1.29, 1.82) is 0 Å². The van der Waals surface area contributed by atoms with Crippen molar-refractivity contribution in [2.24, 2.45) is 5.92 Å². The van der Waals surface area contributed by atoms with Gasteiger partial charge in [0.2, 0.25) is 5.91 Å². The lowest BCUT2D eigenvalue weighted by Crippen LogP contribution is -2.34. The van der Waals surface area contributed by atoms with Crippen LogP contribution in [0.5, 0.6) is 0 Å². The zero-order valence-electron chi connectivity index (χ0n) is 10.4. The number of hydrogen-bond acceptors (Lipinski definition) is 4. The first-order chi connectivity index (χ1) is 9.06. The molecule has 1 heterocycles. The fraction of sp³-hybridized carbons (Fsp3) is 0.308. The van der Waals surface area contributed by atoms with Crippen LogP contribution in [0, 0.1) is 5.92 Å². The lowest BCUT2D eigenvalue weighted by Gasteiger charge is -2.16. The van der Waals surface area contributed by atoms with E-state index in [9.17, 15) is 14.4 Å². The predicted molar refractivity (Wildman–Crippen MR) is 65.5 cm³/mol. The number of nitrogens with zero attached hydrogens (tertiary/aromatic N) is 1. The minimum atomic E-state index is -0.531. The highest BCUT2D eigenvalue weighted by atomic mass is 16.5. The number of imide groups is 1. The van der Waals surface area contributed by atoms with Crippen LogP contribution in [0.4, 0.5) is 0 Å². The highest BCUT2D eigenvalue weighted by molar-refractivity contribution is 6.21. The lowest BCUT2D eigenvalue weighted by atomic mass is 10.1. The SMILES string of the molecule is C[C@@H](CCN1C(=O)c2ccccc2C1=O)C(=O)NO. The number of benzene rings is 1. The fourth-order valence-electron chi connectivity index (χ4n) is 2.01. The Morgan fingerprint density at radius 3 is 2.26 bits per heavy atom. The standard InChI is InChI=1S/C13H14N2O4/c1-8(11(16)14-19)6-7-15-12(17)9-4-2-3-5-10(9)13(15)18/h2-5,8,19H,6-7H2,1H3,(H,14,16)/t8-/m0/s1. The monoisotopic (exact) mass is 262 g/mol. The second kappa shape index (κ2) is 5.19. The number of amides is 3. The molecule has 19 heavy (non-hydrogen) atoms. The molecule has 6 heteroatoms. The Bertz CT molecular complexity index is 506. The van der Waals surface area contributed by atoms with Crippen LogP contribution in [0.1, 0.15) is 34.1 Å². The summed E-state index contributed by atoms with van der Waals surface area (Å²) < 4.78 is 0. The largest absolute Gasteiger partial charge is 0.289 e. The third kappa shape index (κ3) is 2.34. The molecule has 2 rings (SSSR count). The van der Waals surface area contributed by atoms with Crippen LogP contribution >= 0.6 is 0 Å². The molecule has 1 atom stereocenters. The third-order valence-electron chi connectivity index (χ3n) is 3.22. The first kappa shape index (κ1) is 13.2. The predicted octanol–water partition coefficient (Wildman–Crippen LogP) is 0.814. The minimum Gasteiger partial charge on any atom is -0.289 e. The van der Waals surface area contributed by atoms with Crippen molar-refractivity contribution >= 4 is 17.7 Å². The maximum absolute atomic E-state index is 12.0. The Morgan fingerprint density at radius 1 is 1.26 bits per heavy atom. The number of fused-ring (bicyclic) bond motifs is 1. The van der Waals surface area contributed by atoms with Gasteiger partial charge >= 0.3 is 0 Å². The summed E-state index contributed by atoms with van der Waals surface area (Å²) in [6, 6.07) is 6.63. The molecule has 0 aliphatic carbocycles. The normalized spacial score (nSPS) is 15.4. The van der Waals surface area contributed by atoms with Gasteiger partial charge in [-0.3, -0.25) is 24.5 Å². The summed E-state index contributed by atoms with van der Waals surface area (Å²) in [5.41, 5.74) is 2.34. The second-order valence-electron chi connectivity index (χ2n) is 4.47. The van der Waals surface area contributed by atoms with Gasteiger partial charge in [-0.05, 0) is 18.6 Å². The number of hydrogen-bond donors (Lipinski definition) is 2. The number of rotatable bonds is 4. The Labute approximate surface area is 110 Å². The summed E-state index contributed by atoms with van der Waals surface area (Å²) in [4.78, 5) is 36.3. The molecule has 0 radical (unpaired) electrons.